The molecule has 116 valence electrons. The second kappa shape index (κ2) is 5.02. The van der Waals surface area contributed by atoms with Gasteiger partial charge in [-0.05, 0) is 31.0 Å². The second-order valence-electron chi connectivity index (χ2n) is 5.20. The van der Waals surface area contributed by atoms with E-state index in [1.807, 2.05) is 0 Å². The number of alkyl halides is 5. The Balaban J connectivity index is 2.13. The molecule has 1 fully saturated rings. The average molecular weight is 344 g/mol. The number of benzene rings is 1. The second-order valence-corrected chi connectivity index (χ2v) is 6.68. The fourth-order valence-electron chi connectivity index (χ4n) is 1.98. The van der Waals surface area contributed by atoms with Crippen LogP contribution in [-0.4, -0.2) is 10.2 Å². The van der Waals surface area contributed by atoms with E-state index < -0.39 is 33.2 Å². The van der Waals surface area contributed by atoms with Crippen molar-refractivity contribution in [2.45, 2.75) is 30.4 Å². The van der Waals surface area contributed by atoms with Gasteiger partial charge in [0.25, 0.3) is 0 Å². The summed E-state index contributed by atoms with van der Waals surface area (Å²) in [6.07, 6.45) is -4.47. The molecule has 1 aliphatic rings. The van der Waals surface area contributed by atoms with Crippen LogP contribution < -0.4 is 5.32 Å². The van der Waals surface area contributed by atoms with Gasteiger partial charge in [-0.1, -0.05) is 6.07 Å². The first-order chi connectivity index (χ1) is 9.47. The van der Waals surface area contributed by atoms with Gasteiger partial charge in [0.15, 0.2) is 0 Å². The van der Waals surface area contributed by atoms with Gasteiger partial charge in [0.1, 0.15) is 10.2 Å². The molecular weight excluding hydrogens is 333 g/mol. The molecule has 0 spiro atoms. The van der Waals surface area contributed by atoms with Crippen molar-refractivity contribution in [3.05, 3.63) is 35.1 Å². The van der Waals surface area contributed by atoms with Crippen molar-refractivity contribution in [1.29, 1.82) is 0 Å². The molecule has 1 saturated carbocycles. The lowest BCUT2D eigenvalue weighted by atomic mass is 10.1. The predicted molar refractivity (Wildman–Crippen MR) is 70.4 cm³/mol. The van der Waals surface area contributed by atoms with Crippen LogP contribution in [0.5, 0.6) is 0 Å². The molecule has 8 heteroatoms. The number of carbonyl (C=O) groups excluding carboxylic acids is 1. The Hall–Kier alpha value is -1.01. The number of amides is 1. The molecule has 1 aromatic rings. The Morgan fingerprint density at radius 1 is 1.38 bits per heavy atom. The summed E-state index contributed by atoms with van der Waals surface area (Å²) < 4.78 is 50.2. The lowest BCUT2D eigenvalue weighted by molar-refractivity contribution is -0.138. The van der Waals surface area contributed by atoms with Gasteiger partial charge in [0.2, 0.25) is 5.91 Å². The summed E-state index contributed by atoms with van der Waals surface area (Å²) in [5, 5.41) is 2.36. The Bertz CT molecular complexity index is 588. The third kappa shape index (κ3) is 3.11. The average Bonchev–Trinajstić information content (AvgIpc) is 2.86. The van der Waals surface area contributed by atoms with Crippen molar-refractivity contribution in [2.24, 2.45) is 5.41 Å². The summed E-state index contributed by atoms with van der Waals surface area (Å²) >= 11 is 11.6. The standard InChI is InChI=1S/C13H11Cl2F4NO/c1-11(6-12(11,14)15)10(21)20-5-7-2-3-8(16)4-9(7)13(17,18)19/h2-4H,5-6H2,1H3,(H,20,21). The fourth-order valence-corrected chi connectivity index (χ4v) is 2.69. The molecule has 0 radical (unpaired) electrons. The van der Waals surface area contributed by atoms with E-state index in [0.717, 1.165) is 12.1 Å². The molecule has 0 bridgehead atoms. The number of halogens is 6. The number of carbonyl (C=O) groups is 1. The van der Waals surface area contributed by atoms with Crippen molar-refractivity contribution < 1.29 is 22.4 Å². The summed E-state index contributed by atoms with van der Waals surface area (Å²) in [6.45, 7) is 1.14. The predicted octanol–water partition coefficient (Wildman–Crippen LogP) is 4.04. The maximum atomic E-state index is 13.0. The van der Waals surface area contributed by atoms with Crippen LogP contribution in [0.25, 0.3) is 0 Å². The van der Waals surface area contributed by atoms with Crippen molar-refractivity contribution >= 4 is 29.1 Å². The van der Waals surface area contributed by atoms with Gasteiger partial charge < -0.3 is 5.32 Å². The van der Waals surface area contributed by atoms with Crippen LogP contribution >= 0.6 is 23.2 Å². The molecule has 1 amide bonds. The van der Waals surface area contributed by atoms with Gasteiger partial charge in [0.05, 0.1) is 11.0 Å². The molecule has 0 aromatic heterocycles. The van der Waals surface area contributed by atoms with Crippen molar-refractivity contribution in [2.75, 3.05) is 0 Å². The highest BCUT2D eigenvalue weighted by Gasteiger charge is 2.67. The third-order valence-electron chi connectivity index (χ3n) is 3.58. The van der Waals surface area contributed by atoms with Gasteiger partial charge >= 0.3 is 6.18 Å². The fraction of sp³-hybridized carbons (Fsp3) is 0.462. The van der Waals surface area contributed by atoms with Gasteiger partial charge in [-0.15, -0.1) is 23.2 Å². The maximum absolute atomic E-state index is 13.0. The highest BCUT2D eigenvalue weighted by atomic mass is 35.5. The smallest absolute Gasteiger partial charge is 0.351 e. The van der Waals surface area contributed by atoms with E-state index in [1.54, 1.807) is 0 Å². The van der Waals surface area contributed by atoms with Crippen molar-refractivity contribution in [3.63, 3.8) is 0 Å². The Labute approximate surface area is 128 Å². The van der Waals surface area contributed by atoms with Crippen LogP contribution in [0.1, 0.15) is 24.5 Å². The molecule has 21 heavy (non-hydrogen) atoms. The highest BCUT2D eigenvalue weighted by molar-refractivity contribution is 6.53. The lowest BCUT2D eigenvalue weighted by Gasteiger charge is -2.16. The van der Waals surface area contributed by atoms with Crippen LogP contribution in [-0.2, 0) is 17.5 Å². The van der Waals surface area contributed by atoms with Gasteiger partial charge in [-0.25, -0.2) is 4.39 Å². The van der Waals surface area contributed by atoms with E-state index in [0.29, 0.717) is 6.07 Å². The summed E-state index contributed by atoms with van der Waals surface area (Å²) in [5.74, 6) is -1.53. The molecular formula is C13H11Cl2F4NO. The molecule has 1 N–H and O–H groups in total. The molecule has 0 aliphatic heterocycles. The van der Waals surface area contributed by atoms with E-state index >= 15 is 0 Å². The van der Waals surface area contributed by atoms with E-state index in [2.05, 4.69) is 5.32 Å². The summed E-state index contributed by atoms with van der Waals surface area (Å²) in [5.41, 5.74) is -2.36. The number of hydrogen-bond acceptors (Lipinski definition) is 1. The Morgan fingerprint density at radius 3 is 2.43 bits per heavy atom. The van der Waals surface area contributed by atoms with E-state index in [9.17, 15) is 22.4 Å². The Morgan fingerprint density at radius 2 is 1.95 bits per heavy atom. The highest BCUT2D eigenvalue weighted by Crippen LogP contribution is 2.63. The SMILES string of the molecule is CC1(C(=O)NCc2ccc(F)cc2C(F)(F)F)CC1(Cl)Cl. The minimum atomic E-state index is -4.70. The molecule has 2 rings (SSSR count). The summed E-state index contributed by atoms with van der Waals surface area (Å²) in [7, 11) is 0. The lowest BCUT2D eigenvalue weighted by Crippen LogP contribution is -2.33. The zero-order valence-corrected chi connectivity index (χ0v) is 12.3. The van der Waals surface area contributed by atoms with Crippen LogP contribution in [0.3, 0.4) is 0 Å². The Kier molecular flexibility index (Phi) is 3.91. The zero-order chi connectivity index (χ0) is 16.1. The molecule has 0 heterocycles. The third-order valence-corrected chi connectivity index (χ3v) is 4.68. The topological polar surface area (TPSA) is 29.1 Å². The molecule has 1 unspecified atom stereocenters. The van der Waals surface area contributed by atoms with E-state index in [-0.39, 0.29) is 18.5 Å². The molecule has 1 aromatic carbocycles. The number of nitrogens with one attached hydrogen (secondary N) is 1. The van der Waals surface area contributed by atoms with Crippen LogP contribution in [0, 0.1) is 11.2 Å². The quantitative estimate of drug-likeness (QED) is 0.651. The minimum Gasteiger partial charge on any atom is -0.351 e. The van der Waals surface area contributed by atoms with Crippen molar-refractivity contribution in [3.8, 4) is 0 Å². The van der Waals surface area contributed by atoms with E-state index in [4.69, 9.17) is 23.2 Å². The van der Waals surface area contributed by atoms with Gasteiger partial charge in [-0.3, -0.25) is 4.79 Å². The molecule has 1 atom stereocenters. The van der Waals surface area contributed by atoms with Crippen molar-refractivity contribution in [1.82, 2.24) is 5.32 Å². The number of hydrogen-bond donors (Lipinski definition) is 1. The van der Waals surface area contributed by atoms with E-state index in [1.165, 1.54) is 6.92 Å². The first-order valence-electron chi connectivity index (χ1n) is 5.99. The monoisotopic (exact) mass is 343 g/mol. The van der Waals surface area contributed by atoms with Crippen LogP contribution in [0.2, 0.25) is 0 Å². The van der Waals surface area contributed by atoms with Gasteiger partial charge in [0, 0.05) is 6.54 Å². The molecule has 1 aliphatic carbocycles. The zero-order valence-electron chi connectivity index (χ0n) is 10.8. The molecule has 0 saturated heterocycles. The first-order valence-corrected chi connectivity index (χ1v) is 6.75. The first kappa shape index (κ1) is 16.4. The largest absolute Gasteiger partial charge is 0.416 e. The normalized spacial score (nSPS) is 23.8. The summed E-state index contributed by atoms with van der Waals surface area (Å²) in [6, 6.07) is 2.29. The summed E-state index contributed by atoms with van der Waals surface area (Å²) in [4.78, 5) is 11.9. The number of rotatable bonds is 3. The van der Waals surface area contributed by atoms with Crippen LogP contribution in [0.4, 0.5) is 17.6 Å². The van der Waals surface area contributed by atoms with Crippen LogP contribution in [0.15, 0.2) is 18.2 Å². The molecule has 2 nitrogen and oxygen atoms in total. The maximum Gasteiger partial charge on any atom is 0.416 e. The minimum absolute atomic E-state index is 0.226. The van der Waals surface area contributed by atoms with Gasteiger partial charge in [-0.2, -0.15) is 13.2 Å².